The van der Waals surface area contributed by atoms with Crippen LogP contribution in [0.3, 0.4) is 0 Å². The SMILES string of the molecule is O=S(=O)(c1ccc(Cl)cc1)c1cccnc1Cc1cc(F)ccc1F. The van der Waals surface area contributed by atoms with Gasteiger partial charge in [0.25, 0.3) is 0 Å². The van der Waals surface area contributed by atoms with Crippen LogP contribution in [0.1, 0.15) is 11.3 Å². The number of hydrogen-bond donors (Lipinski definition) is 0. The fourth-order valence-corrected chi connectivity index (χ4v) is 3.97. The van der Waals surface area contributed by atoms with E-state index < -0.39 is 21.5 Å². The van der Waals surface area contributed by atoms with E-state index in [-0.39, 0.29) is 27.5 Å². The highest BCUT2D eigenvalue weighted by Crippen LogP contribution is 2.26. The lowest BCUT2D eigenvalue weighted by Gasteiger charge is -2.10. The third kappa shape index (κ3) is 3.70. The highest BCUT2D eigenvalue weighted by molar-refractivity contribution is 7.91. The molecular formula is C18H12ClF2NO2S. The van der Waals surface area contributed by atoms with E-state index in [0.29, 0.717) is 5.02 Å². The quantitative estimate of drug-likeness (QED) is 0.673. The van der Waals surface area contributed by atoms with Crippen LogP contribution in [-0.2, 0) is 16.3 Å². The van der Waals surface area contributed by atoms with Gasteiger partial charge >= 0.3 is 0 Å². The van der Waals surface area contributed by atoms with Crippen molar-refractivity contribution in [3.05, 3.63) is 88.7 Å². The minimum absolute atomic E-state index is 0.0336. The molecule has 2 aromatic carbocycles. The molecular weight excluding hydrogens is 368 g/mol. The molecule has 7 heteroatoms. The molecule has 0 unspecified atom stereocenters. The maximum Gasteiger partial charge on any atom is 0.208 e. The summed E-state index contributed by atoms with van der Waals surface area (Å²) in [5.74, 6) is -1.23. The van der Waals surface area contributed by atoms with Crippen molar-refractivity contribution in [3.8, 4) is 0 Å². The summed E-state index contributed by atoms with van der Waals surface area (Å²) in [5, 5.41) is 0.409. The molecule has 0 spiro atoms. The fraction of sp³-hybridized carbons (Fsp3) is 0.0556. The Morgan fingerprint density at radius 1 is 1.00 bits per heavy atom. The predicted molar refractivity (Wildman–Crippen MR) is 90.3 cm³/mol. The van der Waals surface area contributed by atoms with Crippen LogP contribution in [0.2, 0.25) is 5.02 Å². The van der Waals surface area contributed by atoms with Crippen LogP contribution in [0.5, 0.6) is 0 Å². The Morgan fingerprint density at radius 2 is 1.72 bits per heavy atom. The zero-order valence-corrected chi connectivity index (χ0v) is 14.4. The predicted octanol–water partition coefficient (Wildman–Crippen LogP) is 4.44. The Morgan fingerprint density at radius 3 is 2.44 bits per heavy atom. The summed E-state index contributed by atoms with van der Waals surface area (Å²) < 4.78 is 53.0. The Kier molecular flexibility index (Phi) is 4.83. The van der Waals surface area contributed by atoms with E-state index in [1.807, 2.05) is 0 Å². The van der Waals surface area contributed by atoms with E-state index in [2.05, 4.69) is 4.98 Å². The van der Waals surface area contributed by atoms with E-state index in [0.717, 1.165) is 18.2 Å². The Hall–Kier alpha value is -2.31. The molecule has 0 aliphatic carbocycles. The molecule has 0 fully saturated rings. The summed E-state index contributed by atoms with van der Waals surface area (Å²) in [7, 11) is -3.87. The zero-order valence-electron chi connectivity index (χ0n) is 12.8. The molecule has 0 atom stereocenters. The molecule has 0 aliphatic heterocycles. The van der Waals surface area contributed by atoms with Crippen LogP contribution in [0, 0.1) is 11.6 Å². The molecule has 0 N–H and O–H groups in total. The lowest BCUT2D eigenvalue weighted by atomic mass is 10.1. The summed E-state index contributed by atoms with van der Waals surface area (Å²) in [5.41, 5.74) is 0.174. The van der Waals surface area contributed by atoms with Gasteiger partial charge in [-0.3, -0.25) is 4.98 Å². The van der Waals surface area contributed by atoms with Gasteiger partial charge in [-0.05, 0) is 60.2 Å². The van der Waals surface area contributed by atoms with Crippen molar-refractivity contribution in [1.29, 1.82) is 0 Å². The average Bonchev–Trinajstić information content (AvgIpc) is 2.59. The number of pyridine rings is 1. The molecule has 0 aliphatic rings. The van der Waals surface area contributed by atoms with Crippen molar-refractivity contribution >= 4 is 21.4 Å². The molecule has 1 heterocycles. The van der Waals surface area contributed by atoms with E-state index in [4.69, 9.17) is 11.6 Å². The lowest BCUT2D eigenvalue weighted by Crippen LogP contribution is -2.08. The fourth-order valence-electron chi connectivity index (χ4n) is 2.40. The molecule has 128 valence electrons. The number of halogens is 3. The van der Waals surface area contributed by atoms with E-state index in [1.165, 1.54) is 42.6 Å². The smallest absolute Gasteiger partial charge is 0.208 e. The molecule has 3 aromatic rings. The second-order valence-electron chi connectivity index (χ2n) is 5.32. The summed E-state index contributed by atoms with van der Waals surface area (Å²) in [4.78, 5) is 4.05. The number of nitrogens with zero attached hydrogens (tertiary/aromatic N) is 1. The van der Waals surface area contributed by atoms with Crippen molar-refractivity contribution < 1.29 is 17.2 Å². The Labute approximate surface area is 148 Å². The molecule has 0 saturated heterocycles. The van der Waals surface area contributed by atoms with Gasteiger partial charge in [-0.15, -0.1) is 0 Å². The monoisotopic (exact) mass is 379 g/mol. The topological polar surface area (TPSA) is 47.0 Å². The summed E-state index contributed by atoms with van der Waals surface area (Å²) in [6, 6.07) is 11.6. The van der Waals surface area contributed by atoms with Gasteiger partial charge < -0.3 is 0 Å². The summed E-state index contributed by atoms with van der Waals surface area (Å²) in [6.07, 6.45) is 1.26. The maximum atomic E-state index is 13.9. The van der Waals surface area contributed by atoms with E-state index >= 15 is 0 Å². The lowest BCUT2D eigenvalue weighted by molar-refractivity contribution is 0.585. The van der Waals surface area contributed by atoms with Crippen molar-refractivity contribution in [1.82, 2.24) is 4.98 Å². The molecule has 0 radical (unpaired) electrons. The first-order chi connectivity index (χ1) is 11.9. The van der Waals surface area contributed by atoms with Gasteiger partial charge in [-0.1, -0.05) is 11.6 Å². The minimum atomic E-state index is -3.87. The first-order valence-electron chi connectivity index (χ1n) is 7.26. The highest BCUT2D eigenvalue weighted by atomic mass is 35.5. The molecule has 3 rings (SSSR count). The Bertz CT molecular complexity index is 1020. The van der Waals surface area contributed by atoms with Crippen molar-refractivity contribution in [2.75, 3.05) is 0 Å². The van der Waals surface area contributed by atoms with Gasteiger partial charge in [-0.25, -0.2) is 17.2 Å². The highest BCUT2D eigenvalue weighted by Gasteiger charge is 2.22. The number of hydrogen-bond acceptors (Lipinski definition) is 3. The first-order valence-corrected chi connectivity index (χ1v) is 9.12. The van der Waals surface area contributed by atoms with Gasteiger partial charge in [0.05, 0.1) is 15.5 Å². The van der Waals surface area contributed by atoms with E-state index in [1.54, 1.807) is 0 Å². The third-order valence-corrected chi connectivity index (χ3v) is 5.72. The number of rotatable bonds is 4. The standard InChI is InChI=1S/C18H12ClF2NO2S/c19-13-3-6-15(7-4-13)25(23,24)18-2-1-9-22-17(18)11-12-10-14(20)5-8-16(12)21/h1-10H,11H2. The van der Waals surface area contributed by atoms with Gasteiger partial charge in [-0.2, -0.15) is 0 Å². The van der Waals surface area contributed by atoms with Crippen molar-refractivity contribution in [3.63, 3.8) is 0 Å². The maximum absolute atomic E-state index is 13.9. The summed E-state index contributed by atoms with van der Waals surface area (Å²) >= 11 is 5.79. The normalized spacial score (nSPS) is 11.5. The molecule has 1 aromatic heterocycles. The van der Waals surface area contributed by atoms with Gasteiger partial charge in [0.15, 0.2) is 0 Å². The van der Waals surface area contributed by atoms with Gasteiger partial charge in [0.2, 0.25) is 9.84 Å². The third-order valence-electron chi connectivity index (χ3n) is 3.63. The van der Waals surface area contributed by atoms with Crippen LogP contribution in [0.25, 0.3) is 0 Å². The number of aromatic nitrogens is 1. The minimum Gasteiger partial charge on any atom is -0.260 e. The molecule has 3 nitrogen and oxygen atoms in total. The van der Waals surface area contributed by atoms with E-state index in [9.17, 15) is 17.2 Å². The second-order valence-corrected chi connectivity index (χ2v) is 7.67. The van der Waals surface area contributed by atoms with Crippen LogP contribution in [-0.4, -0.2) is 13.4 Å². The molecule has 0 amide bonds. The zero-order chi connectivity index (χ0) is 18.0. The van der Waals surface area contributed by atoms with Gasteiger partial charge in [0, 0.05) is 17.6 Å². The molecule has 25 heavy (non-hydrogen) atoms. The largest absolute Gasteiger partial charge is 0.260 e. The molecule has 0 saturated carbocycles. The number of sulfone groups is 1. The second kappa shape index (κ2) is 6.90. The van der Waals surface area contributed by atoms with Crippen molar-refractivity contribution in [2.24, 2.45) is 0 Å². The van der Waals surface area contributed by atoms with Crippen molar-refractivity contribution in [2.45, 2.75) is 16.2 Å². The molecule has 0 bridgehead atoms. The summed E-state index contributed by atoms with van der Waals surface area (Å²) in [6.45, 7) is 0. The van der Waals surface area contributed by atoms with Crippen LogP contribution < -0.4 is 0 Å². The van der Waals surface area contributed by atoms with Crippen LogP contribution in [0.15, 0.2) is 70.6 Å². The number of benzene rings is 2. The van der Waals surface area contributed by atoms with Crippen LogP contribution >= 0.6 is 11.6 Å². The first kappa shape index (κ1) is 17.5. The Balaban J connectivity index is 2.07. The van der Waals surface area contributed by atoms with Crippen LogP contribution in [0.4, 0.5) is 8.78 Å². The average molecular weight is 380 g/mol. The van der Waals surface area contributed by atoms with Gasteiger partial charge in [0.1, 0.15) is 11.6 Å².